The van der Waals surface area contributed by atoms with Crippen LogP contribution in [0, 0.1) is 22.2 Å². The number of rotatable bonds is 3. The number of hydrogen-bond donors (Lipinski definition) is 1. The fraction of sp³-hybridized carbons (Fsp3) is 0.889. The van der Waals surface area contributed by atoms with Gasteiger partial charge < -0.3 is 5.11 Å². The van der Waals surface area contributed by atoms with Crippen LogP contribution in [0.5, 0.6) is 0 Å². The Balaban J connectivity index is 1.82. The Bertz CT molecular complexity index is 386. The Morgan fingerprint density at radius 2 is 1.68 bits per heavy atom. The van der Waals surface area contributed by atoms with E-state index in [1.54, 1.807) is 0 Å². The molecule has 3 atom stereocenters. The molecule has 4 rings (SSSR count). The van der Waals surface area contributed by atoms with E-state index in [1.807, 2.05) is 0 Å². The number of aliphatic hydroxyl groups excluding tert-OH is 1. The second-order valence-electron chi connectivity index (χ2n) is 9.15. The highest BCUT2D eigenvalue weighted by Crippen LogP contribution is 2.70. The molecule has 0 saturated heterocycles. The highest BCUT2D eigenvalue weighted by atomic mass is 16.3. The molecule has 0 aromatic carbocycles. The first-order chi connectivity index (χ1) is 8.72. The van der Waals surface area contributed by atoms with Crippen LogP contribution in [-0.2, 0) is 0 Å². The Morgan fingerprint density at radius 1 is 1.11 bits per heavy atom. The van der Waals surface area contributed by atoms with Crippen molar-refractivity contribution in [3.8, 4) is 0 Å². The summed E-state index contributed by atoms with van der Waals surface area (Å²) in [6.07, 6.45) is 11.3. The van der Waals surface area contributed by atoms with E-state index in [0.717, 1.165) is 12.3 Å². The number of hydrogen-bond acceptors (Lipinski definition) is 1. The largest absolute Gasteiger partial charge is 0.389 e. The van der Waals surface area contributed by atoms with E-state index in [-0.39, 0.29) is 6.10 Å². The van der Waals surface area contributed by atoms with Gasteiger partial charge in [0, 0.05) is 0 Å². The third-order valence-corrected chi connectivity index (χ3v) is 5.91. The zero-order valence-corrected chi connectivity index (χ0v) is 13.1. The summed E-state index contributed by atoms with van der Waals surface area (Å²) in [4.78, 5) is 0. The van der Waals surface area contributed by atoms with E-state index in [4.69, 9.17) is 0 Å². The van der Waals surface area contributed by atoms with Crippen molar-refractivity contribution in [1.29, 1.82) is 0 Å². The molecular weight excluding hydrogens is 232 g/mol. The lowest BCUT2D eigenvalue weighted by Gasteiger charge is -2.66. The molecule has 0 heterocycles. The van der Waals surface area contributed by atoms with Gasteiger partial charge in [-0.05, 0) is 81.0 Å². The summed E-state index contributed by atoms with van der Waals surface area (Å²) in [5.41, 5.74) is 2.82. The first kappa shape index (κ1) is 13.7. The van der Waals surface area contributed by atoms with Gasteiger partial charge in [-0.2, -0.15) is 0 Å². The van der Waals surface area contributed by atoms with Crippen molar-refractivity contribution in [2.45, 2.75) is 78.7 Å². The van der Waals surface area contributed by atoms with E-state index < -0.39 is 0 Å². The molecule has 4 fully saturated rings. The molecule has 3 unspecified atom stereocenters. The standard InChI is InChI=1S/C18H30O/c1-13(2)5-15(19)9-18-8-14-6-16(3,11-18)10-17(4,7-14)12-18/h5,14-15,19H,6-12H2,1-4H3. The lowest BCUT2D eigenvalue weighted by atomic mass is 9.39. The highest BCUT2D eigenvalue weighted by Gasteiger charge is 2.59. The van der Waals surface area contributed by atoms with Gasteiger partial charge in [0.2, 0.25) is 0 Å². The monoisotopic (exact) mass is 262 g/mol. The van der Waals surface area contributed by atoms with Crippen molar-refractivity contribution in [1.82, 2.24) is 0 Å². The molecule has 4 bridgehead atoms. The predicted octanol–water partition coefficient (Wildman–Crippen LogP) is 4.70. The summed E-state index contributed by atoms with van der Waals surface area (Å²) in [6.45, 7) is 9.20. The number of allylic oxidation sites excluding steroid dienone is 1. The van der Waals surface area contributed by atoms with Gasteiger partial charge in [-0.15, -0.1) is 0 Å². The first-order valence-electron chi connectivity index (χ1n) is 8.05. The van der Waals surface area contributed by atoms with Crippen molar-refractivity contribution in [3.63, 3.8) is 0 Å². The molecule has 0 spiro atoms. The van der Waals surface area contributed by atoms with Crippen LogP contribution in [0.15, 0.2) is 11.6 Å². The molecule has 0 aromatic rings. The molecule has 4 saturated carbocycles. The molecule has 4 aliphatic rings. The van der Waals surface area contributed by atoms with Crippen LogP contribution in [-0.4, -0.2) is 11.2 Å². The van der Waals surface area contributed by atoms with Crippen molar-refractivity contribution >= 4 is 0 Å². The molecular formula is C18H30O. The summed E-state index contributed by atoms with van der Waals surface area (Å²) >= 11 is 0. The average molecular weight is 262 g/mol. The van der Waals surface area contributed by atoms with Crippen LogP contribution >= 0.6 is 0 Å². The van der Waals surface area contributed by atoms with E-state index in [9.17, 15) is 5.11 Å². The maximum atomic E-state index is 10.4. The molecule has 0 aromatic heterocycles. The Kier molecular flexibility index (Phi) is 2.95. The van der Waals surface area contributed by atoms with Gasteiger partial charge in [-0.1, -0.05) is 25.5 Å². The maximum absolute atomic E-state index is 10.4. The van der Waals surface area contributed by atoms with Crippen LogP contribution < -0.4 is 0 Å². The van der Waals surface area contributed by atoms with E-state index in [2.05, 4.69) is 33.8 Å². The summed E-state index contributed by atoms with van der Waals surface area (Å²) in [7, 11) is 0. The van der Waals surface area contributed by atoms with Crippen molar-refractivity contribution < 1.29 is 5.11 Å². The minimum Gasteiger partial charge on any atom is -0.389 e. The van der Waals surface area contributed by atoms with Crippen LogP contribution in [0.4, 0.5) is 0 Å². The number of aliphatic hydroxyl groups is 1. The third-order valence-electron chi connectivity index (χ3n) is 5.91. The average Bonchev–Trinajstić information content (AvgIpc) is 2.06. The molecule has 0 amide bonds. The minimum atomic E-state index is -0.228. The highest BCUT2D eigenvalue weighted by molar-refractivity contribution is 5.12. The summed E-state index contributed by atoms with van der Waals surface area (Å²) in [5, 5.41) is 10.4. The lowest BCUT2D eigenvalue weighted by molar-refractivity contribution is -0.154. The molecule has 0 aliphatic heterocycles. The van der Waals surface area contributed by atoms with Crippen LogP contribution in [0.1, 0.15) is 72.6 Å². The van der Waals surface area contributed by atoms with E-state index in [0.29, 0.717) is 16.2 Å². The molecule has 19 heavy (non-hydrogen) atoms. The zero-order chi connectivity index (χ0) is 13.9. The van der Waals surface area contributed by atoms with E-state index >= 15 is 0 Å². The Morgan fingerprint density at radius 3 is 2.16 bits per heavy atom. The van der Waals surface area contributed by atoms with Crippen molar-refractivity contribution in [2.24, 2.45) is 22.2 Å². The topological polar surface area (TPSA) is 20.2 Å². The molecule has 1 N–H and O–H groups in total. The van der Waals surface area contributed by atoms with Gasteiger partial charge in [-0.3, -0.25) is 0 Å². The SMILES string of the molecule is CC(C)=CC(O)CC12CC3CC(C)(CC(C)(C3)C1)C2. The fourth-order valence-corrected chi connectivity index (χ4v) is 6.80. The normalized spacial score (nSPS) is 49.2. The summed E-state index contributed by atoms with van der Waals surface area (Å²) < 4.78 is 0. The smallest absolute Gasteiger partial charge is 0.0728 e. The van der Waals surface area contributed by atoms with E-state index in [1.165, 1.54) is 44.1 Å². The zero-order valence-electron chi connectivity index (χ0n) is 13.1. The van der Waals surface area contributed by atoms with Gasteiger partial charge >= 0.3 is 0 Å². The molecule has 4 aliphatic carbocycles. The molecule has 1 heteroatoms. The van der Waals surface area contributed by atoms with Crippen LogP contribution in [0.3, 0.4) is 0 Å². The second kappa shape index (κ2) is 4.10. The third kappa shape index (κ3) is 2.51. The maximum Gasteiger partial charge on any atom is 0.0728 e. The Hall–Kier alpha value is -0.300. The van der Waals surface area contributed by atoms with Crippen LogP contribution in [0.2, 0.25) is 0 Å². The first-order valence-corrected chi connectivity index (χ1v) is 8.05. The van der Waals surface area contributed by atoms with Gasteiger partial charge in [0.15, 0.2) is 0 Å². The summed E-state index contributed by atoms with van der Waals surface area (Å²) in [6, 6.07) is 0. The van der Waals surface area contributed by atoms with Gasteiger partial charge in [-0.25, -0.2) is 0 Å². The van der Waals surface area contributed by atoms with Gasteiger partial charge in [0.1, 0.15) is 0 Å². The quantitative estimate of drug-likeness (QED) is 0.731. The molecule has 1 nitrogen and oxygen atoms in total. The lowest BCUT2D eigenvalue weighted by Crippen LogP contribution is -2.55. The Labute approximate surface area is 118 Å². The van der Waals surface area contributed by atoms with Crippen molar-refractivity contribution in [2.75, 3.05) is 0 Å². The predicted molar refractivity (Wildman–Crippen MR) is 79.9 cm³/mol. The van der Waals surface area contributed by atoms with Crippen LogP contribution in [0.25, 0.3) is 0 Å². The van der Waals surface area contributed by atoms with Gasteiger partial charge in [0.05, 0.1) is 6.10 Å². The van der Waals surface area contributed by atoms with Gasteiger partial charge in [0.25, 0.3) is 0 Å². The minimum absolute atomic E-state index is 0.228. The summed E-state index contributed by atoms with van der Waals surface area (Å²) in [5.74, 6) is 0.935. The molecule has 108 valence electrons. The van der Waals surface area contributed by atoms with Crippen molar-refractivity contribution in [3.05, 3.63) is 11.6 Å². The fourth-order valence-electron chi connectivity index (χ4n) is 6.80. The molecule has 0 radical (unpaired) electrons. The second-order valence-corrected chi connectivity index (χ2v) is 9.15.